The molecule has 0 saturated heterocycles. The number of ether oxygens (including phenoxy) is 1. The fourth-order valence-corrected chi connectivity index (χ4v) is 7.19. The Morgan fingerprint density at radius 2 is 1.18 bits per heavy atom. The van der Waals surface area contributed by atoms with Crippen LogP contribution in [0.2, 0.25) is 0 Å². The molecule has 2 aromatic heterocycles. The predicted octanol–water partition coefficient (Wildman–Crippen LogP) is 6.93. The molecule has 0 atom stereocenters. The van der Waals surface area contributed by atoms with Gasteiger partial charge in [0.2, 0.25) is 10.0 Å². The summed E-state index contributed by atoms with van der Waals surface area (Å²) in [6, 6.07) is 15.8. The first kappa shape index (κ1) is 42.4. The first-order chi connectivity index (χ1) is 26.7. The van der Waals surface area contributed by atoms with E-state index in [1.165, 1.54) is 16.6 Å². The zero-order chi connectivity index (χ0) is 40.3. The van der Waals surface area contributed by atoms with Gasteiger partial charge in [-0.1, -0.05) is 32.0 Å². The van der Waals surface area contributed by atoms with Crippen LogP contribution in [0, 0.1) is 11.6 Å². The Bertz CT molecular complexity index is 2310. The lowest BCUT2D eigenvalue weighted by Crippen LogP contribution is -2.35. The topological polar surface area (TPSA) is 142 Å². The number of sulfonamides is 1. The van der Waals surface area contributed by atoms with Crippen molar-refractivity contribution in [2.45, 2.75) is 65.3 Å². The van der Waals surface area contributed by atoms with E-state index in [1.54, 1.807) is 49.1 Å². The van der Waals surface area contributed by atoms with E-state index in [2.05, 4.69) is 24.1 Å². The van der Waals surface area contributed by atoms with E-state index in [4.69, 9.17) is 4.74 Å². The zero-order valence-corrected chi connectivity index (χ0v) is 33.7. The highest BCUT2D eigenvalue weighted by Gasteiger charge is 2.23. The molecule has 0 bridgehead atoms. The van der Waals surface area contributed by atoms with Crippen molar-refractivity contribution in [3.63, 3.8) is 0 Å². The van der Waals surface area contributed by atoms with Crippen molar-refractivity contribution in [3.05, 3.63) is 124 Å². The number of hydrogen-bond acceptors (Lipinski definition) is 10. The highest BCUT2D eigenvalue weighted by atomic mass is 32.2. The van der Waals surface area contributed by atoms with Gasteiger partial charge in [0.25, 0.3) is 10.1 Å². The number of aryl methyl sites for hydroxylation is 4. The van der Waals surface area contributed by atoms with E-state index < -0.39 is 26.0 Å². The molecule has 0 N–H and O–H groups in total. The summed E-state index contributed by atoms with van der Waals surface area (Å²) in [6.45, 7) is 5.52. The fourth-order valence-electron chi connectivity index (χ4n) is 5.97. The average Bonchev–Trinajstić information content (AvgIpc) is 3.18. The van der Waals surface area contributed by atoms with Gasteiger partial charge in [0.05, 0.1) is 36.9 Å². The SMILES string of the molecule is CCc1cnc(-c2ccc(CCCOS(C)(=O)=O)cc2F)nc1.CCc1cnc(-c2ccc(CCCOc3ccc4c(c3)CCN(S(C)(=O)=O)C4)cc2F)nc1. The van der Waals surface area contributed by atoms with E-state index in [-0.39, 0.29) is 12.4 Å². The van der Waals surface area contributed by atoms with Crippen LogP contribution in [0.5, 0.6) is 5.75 Å². The van der Waals surface area contributed by atoms with Gasteiger partial charge in [-0.3, -0.25) is 4.18 Å². The third-order valence-corrected chi connectivity index (χ3v) is 11.0. The van der Waals surface area contributed by atoms with Crippen LogP contribution in [-0.2, 0) is 63.0 Å². The van der Waals surface area contributed by atoms with Gasteiger partial charge in [0, 0.05) is 37.9 Å². The number of halogens is 2. The van der Waals surface area contributed by atoms with E-state index >= 15 is 0 Å². The van der Waals surface area contributed by atoms with Crippen LogP contribution in [0.3, 0.4) is 0 Å². The molecule has 0 amide bonds. The van der Waals surface area contributed by atoms with Crippen molar-refractivity contribution in [1.29, 1.82) is 0 Å². The highest BCUT2D eigenvalue weighted by molar-refractivity contribution is 7.88. The van der Waals surface area contributed by atoms with Crippen molar-refractivity contribution in [3.8, 4) is 28.5 Å². The van der Waals surface area contributed by atoms with Crippen LogP contribution >= 0.6 is 0 Å². The van der Waals surface area contributed by atoms with E-state index in [0.29, 0.717) is 68.2 Å². The third kappa shape index (κ3) is 12.4. The van der Waals surface area contributed by atoms with Crippen LogP contribution in [-0.4, -0.2) is 73.3 Å². The lowest BCUT2D eigenvalue weighted by molar-refractivity contribution is 0.309. The summed E-state index contributed by atoms with van der Waals surface area (Å²) < 4.78 is 86.1. The molecule has 11 nitrogen and oxygen atoms in total. The molecule has 15 heteroatoms. The standard InChI is InChI=1S/C25H28FN3O3S.C16H19FN2O3S/c1-3-18-15-27-25(28-16-18)23-9-6-19(13-24(23)26)5-4-12-32-22-8-7-21-17-29(33(2,30)31)11-10-20(21)14-22;1-3-12-10-18-16(19-11-12)14-7-6-13(9-15(14)17)5-4-8-22-23(2,20)21/h6-9,13-16H,3-5,10-12,17H2,1-2H3;6-7,9-11H,3-5,8H2,1-2H3. The molecule has 298 valence electrons. The second kappa shape index (κ2) is 19.4. The van der Waals surface area contributed by atoms with Crippen molar-refractivity contribution in [2.24, 2.45) is 0 Å². The van der Waals surface area contributed by atoms with E-state index in [9.17, 15) is 25.6 Å². The van der Waals surface area contributed by atoms with Crippen molar-refractivity contribution >= 4 is 20.1 Å². The molecule has 0 radical (unpaired) electrons. The fraction of sp³-hybridized carbons (Fsp3) is 0.366. The van der Waals surface area contributed by atoms with E-state index in [1.807, 2.05) is 38.1 Å². The number of nitrogens with zero attached hydrogens (tertiary/aromatic N) is 5. The molecule has 0 spiro atoms. The Balaban J connectivity index is 0.000000229. The van der Waals surface area contributed by atoms with Gasteiger partial charge in [0.15, 0.2) is 11.6 Å². The minimum absolute atomic E-state index is 0.0871. The largest absolute Gasteiger partial charge is 0.494 e. The molecule has 56 heavy (non-hydrogen) atoms. The van der Waals surface area contributed by atoms with E-state index in [0.717, 1.165) is 64.6 Å². The average molecular weight is 808 g/mol. The quantitative estimate of drug-likeness (QED) is 0.0808. The maximum absolute atomic E-state index is 14.6. The maximum atomic E-state index is 14.6. The molecule has 0 unspecified atom stereocenters. The van der Waals surface area contributed by atoms with Crippen molar-refractivity contribution < 1.29 is 34.5 Å². The lowest BCUT2D eigenvalue weighted by Gasteiger charge is -2.27. The van der Waals surface area contributed by atoms with Crippen molar-refractivity contribution in [1.82, 2.24) is 24.2 Å². The first-order valence-electron chi connectivity index (χ1n) is 18.5. The Kier molecular flexibility index (Phi) is 14.7. The maximum Gasteiger partial charge on any atom is 0.264 e. The summed E-state index contributed by atoms with van der Waals surface area (Å²) in [5, 5.41) is 0. The molecule has 6 rings (SSSR count). The van der Waals surface area contributed by atoms with Gasteiger partial charge in [0.1, 0.15) is 17.4 Å². The normalized spacial score (nSPS) is 13.1. The summed E-state index contributed by atoms with van der Waals surface area (Å²) in [5.74, 6) is 0.806. The van der Waals surface area contributed by atoms with Gasteiger partial charge in [-0.15, -0.1) is 0 Å². The summed E-state index contributed by atoms with van der Waals surface area (Å²) in [6.07, 6.45) is 13.9. The smallest absolute Gasteiger partial charge is 0.264 e. The molecule has 0 aliphatic carbocycles. The molecule has 0 saturated carbocycles. The molecule has 5 aromatic rings. The summed E-state index contributed by atoms with van der Waals surface area (Å²) in [4.78, 5) is 16.9. The van der Waals surface area contributed by atoms with Crippen LogP contribution < -0.4 is 4.74 Å². The minimum atomic E-state index is -3.43. The number of fused-ring (bicyclic) bond motifs is 1. The Morgan fingerprint density at radius 1 is 0.661 bits per heavy atom. The number of rotatable bonds is 15. The monoisotopic (exact) mass is 807 g/mol. The highest BCUT2D eigenvalue weighted by Crippen LogP contribution is 2.26. The van der Waals surface area contributed by atoms with Gasteiger partial charge in [-0.05, 0) is 115 Å². The molecule has 3 aromatic carbocycles. The first-order valence-corrected chi connectivity index (χ1v) is 22.1. The number of hydrogen-bond donors (Lipinski definition) is 0. The van der Waals surface area contributed by atoms with Crippen molar-refractivity contribution in [2.75, 3.05) is 32.3 Å². The third-order valence-electron chi connectivity index (χ3n) is 9.19. The second-order valence-corrected chi connectivity index (χ2v) is 17.2. The van der Waals surface area contributed by atoms with Gasteiger partial charge in [-0.2, -0.15) is 12.7 Å². The second-order valence-electron chi connectivity index (χ2n) is 13.5. The minimum Gasteiger partial charge on any atom is -0.494 e. The molecule has 3 heterocycles. The van der Waals surface area contributed by atoms with Crippen LogP contribution in [0.1, 0.15) is 60.1 Å². The zero-order valence-electron chi connectivity index (χ0n) is 32.0. The van der Waals surface area contributed by atoms with Gasteiger partial charge in [-0.25, -0.2) is 37.1 Å². The number of benzene rings is 3. The molecular weight excluding hydrogens is 761 g/mol. The number of aromatic nitrogens is 4. The molecule has 0 fully saturated rings. The molecule has 1 aliphatic rings. The van der Waals surface area contributed by atoms with Crippen LogP contribution in [0.4, 0.5) is 8.78 Å². The Hall–Kier alpha value is -4.70. The Morgan fingerprint density at radius 3 is 1.64 bits per heavy atom. The van der Waals surface area contributed by atoms with Crippen LogP contribution in [0.15, 0.2) is 79.4 Å². The van der Waals surface area contributed by atoms with Gasteiger partial charge >= 0.3 is 0 Å². The van der Waals surface area contributed by atoms with Gasteiger partial charge < -0.3 is 4.74 Å². The Labute approximate surface area is 328 Å². The molecular formula is C41H47F2N5O6S2. The summed E-state index contributed by atoms with van der Waals surface area (Å²) in [7, 11) is -6.60. The predicted molar refractivity (Wildman–Crippen MR) is 212 cm³/mol. The summed E-state index contributed by atoms with van der Waals surface area (Å²) >= 11 is 0. The summed E-state index contributed by atoms with van der Waals surface area (Å²) in [5.41, 5.74) is 6.58. The lowest BCUT2D eigenvalue weighted by atomic mass is 10.0. The van der Waals surface area contributed by atoms with Crippen LogP contribution in [0.25, 0.3) is 22.8 Å². The molecule has 1 aliphatic heterocycles.